The molecule has 0 aliphatic heterocycles. The predicted octanol–water partition coefficient (Wildman–Crippen LogP) is 6.25. The first kappa shape index (κ1) is 29.6. The van der Waals surface area contributed by atoms with Gasteiger partial charge in [0, 0.05) is 42.5 Å². The van der Waals surface area contributed by atoms with Crippen LogP contribution in [-0.4, -0.2) is 29.3 Å². The Morgan fingerprint density at radius 3 is 2.41 bits per heavy atom. The molecule has 4 rings (SSSR count). The highest BCUT2D eigenvalue weighted by molar-refractivity contribution is 5.91. The van der Waals surface area contributed by atoms with Crippen LogP contribution in [0.2, 0.25) is 0 Å². The molecule has 1 heterocycles. The summed E-state index contributed by atoms with van der Waals surface area (Å²) in [5.74, 6) is -0.471. The molecule has 3 aromatic rings. The van der Waals surface area contributed by atoms with E-state index in [-0.39, 0.29) is 42.0 Å². The maximum Gasteiger partial charge on any atom is 0.407 e. The number of nitrogens with one attached hydrogen (secondary N) is 2. The number of carbonyl (C=O) groups excluding carboxylic acids is 2. The molecule has 1 aliphatic carbocycles. The highest BCUT2D eigenvalue weighted by Crippen LogP contribution is 2.43. The molecule has 1 aliphatic rings. The number of carbonyl (C=O) groups is 2. The van der Waals surface area contributed by atoms with E-state index in [2.05, 4.69) is 10.6 Å². The van der Waals surface area contributed by atoms with Crippen LogP contribution in [0.4, 0.5) is 10.5 Å². The molecular weight excluding hydrogens is 520 g/mol. The first-order valence-electron chi connectivity index (χ1n) is 14.0. The van der Waals surface area contributed by atoms with Gasteiger partial charge in [0.25, 0.3) is 0 Å². The van der Waals surface area contributed by atoms with E-state index in [1.807, 2.05) is 55.5 Å². The molecule has 8 nitrogen and oxygen atoms in total. The summed E-state index contributed by atoms with van der Waals surface area (Å²) in [7, 11) is 0. The Morgan fingerprint density at radius 1 is 1.05 bits per heavy atom. The van der Waals surface area contributed by atoms with E-state index in [1.54, 1.807) is 45.0 Å². The molecule has 0 radical (unpaired) electrons. The molecule has 216 valence electrons. The van der Waals surface area contributed by atoms with Crippen LogP contribution in [0.5, 0.6) is 5.75 Å². The van der Waals surface area contributed by atoms with Crippen molar-refractivity contribution in [2.45, 2.75) is 64.4 Å². The zero-order chi connectivity index (χ0) is 29.6. The van der Waals surface area contributed by atoms with Gasteiger partial charge >= 0.3 is 11.7 Å². The molecule has 0 unspecified atom stereocenters. The van der Waals surface area contributed by atoms with Crippen molar-refractivity contribution in [2.75, 3.05) is 11.9 Å². The first-order valence-corrected chi connectivity index (χ1v) is 14.0. The Kier molecular flexibility index (Phi) is 9.32. The second-order valence-corrected chi connectivity index (χ2v) is 11.3. The second kappa shape index (κ2) is 12.9. The maximum atomic E-state index is 13.3. The first-order chi connectivity index (χ1) is 19.5. The van der Waals surface area contributed by atoms with E-state index >= 15 is 0 Å². The number of amides is 2. The fraction of sp³-hybridized carbons (Fsp3) is 0.364. The van der Waals surface area contributed by atoms with Gasteiger partial charge in [0.05, 0.1) is 5.56 Å². The highest BCUT2D eigenvalue weighted by atomic mass is 16.6. The van der Waals surface area contributed by atoms with Crippen molar-refractivity contribution in [3.63, 3.8) is 0 Å². The van der Waals surface area contributed by atoms with Gasteiger partial charge in [-0.25, -0.2) is 9.59 Å². The third-order valence-electron chi connectivity index (χ3n) is 6.87. The number of benzene rings is 2. The Bertz CT molecular complexity index is 1450. The van der Waals surface area contributed by atoms with Gasteiger partial charge in [-0.05, 0) is 56.9 Å². The molecule has 3 N–H and O–H groups in total. The van der Waals surface area contributed by atoms with Gasteiger partial charge in [0.2, 0.25) is 5.91 Å². The van der Waals surface area contributed by atoms with Crippen molar-refractivity contribution < 1.29 is 23.8 Å². The van der Waals surface area contributed by atoms with Crippen molar-refractivity contribution in [1.29, 1.82) is 0 Å². The van der Waals surface area contributed by atoms with Crippen molar-refractivity contribution in [3.8, 4) is 5.75 Å². The van der Waals surface area contributed by atoms with Gasteiger partial charge in [-0.3, -0.25) is 4.79 Å². The quantitative estimate of drug-likeness (QED) is 0.239. The number of hydrogen-bond donors (Lipinski definition) is 3. The van der Waals surface area contributed by atoms with Crippen LogP contribution in [0, 0.1) is 5.92 Å². The average molecular weight is 559 g/mol. The van der Waals surface area contributed by atoms with E-state index in [0.717, 1.165) is 17.5 Å². The number of ether oxygens (including phenoxy) is 1. The van der Waals surface area contributed by atoms with Crippen LogP contribution < -0.4 is 16.3 Å². The molecule has 2 amide bonds. The third-order valence-corrected chi connectivity index (χ3v) is 6.87. The van der Waals surface area contributed by atoms with Crippen LogP contribution in [0.25, 0.3) is 0 Å². The smallest absolute Gasteiger partial charge is 0.407 e. The minimum atomic E-state index is -0.619. The topological polar surface area (TPSA) is 118 Å². The molecule has 0 saturated heterocycles. The molecule has 0 bridgehead atoms. The third kappa shape index (κ3) is 8.33. The second-order valence-electron chi connectivity index (χ2n) is 11.3. The SMILES string of the molecule is CC[C@H](Cc1ccccc1)c1cc(O)c([C@H](c2cccc(NC(=O)CCNC(=O)OC(C)(C)C)c2)C2C=C2)c(=O)o1. The van der Waals surface area contributed by atoms with Gasteiger partial charge in [-0.15, -0.1) is 0 Å². The van der Waals surface area contributed by atoms with E-state index in [1.165, 1.54) is 0 Å². The van der Waals surface area contributed by atoms with Crippen molar-refractivity contribution in [3.05, 3.63) is 106 Å². The molecular formula is C33H38N2O6. The minimum absolute atomic E-state index is 0.0501. The summed E-state index contributed by atoms with van der Waals surface area (Å²) in [6, 6.07) is 18.8. The predicted molar refractivity (Wildman–Crippen MR) is 158 cm³/mol. The Hall–Kier alpha value is -4.33. The van der Waals surface area contributed by atoms with Crippen molar-refractivity contribution >= 4 is 17.7 Å². The number of allylic oxidation sites excluding steroid dienone is 2. The number of hydrogen-bond acceptors (Lipinski definition) is 6. The summed E-state index contributed by atoms with van der Waals surface area (Å²) in [4.78, 5) is 37.7. The summed E-state index contributed by atoms with van der Waals surface area (Å²) in [5.41, 5.74) is 1.45. The van der Waals surface area contributed by atoms with Gasteiger partial charge < -0.3 is 24.9 Å². The number of alkyl carbamates (subject to hydrolysis) is 1. The average Bonchev–Trinajstić information content (AvgIpc) is 3.74. The van der Waals surface area contributed by atoms with Crippen molar-refractivity contribution in [2.24, 2.45) is 5.92 Å². The highest BCUT2D eigenvalue weighted by Gasteiger charge is 2.33. The van der Waals surface area contributed by atoms with Crippen LogP contribution in [0.3, 0.4) is 0 Å². The maximum absolute atomic E-state index is 13.3. The molecule has 0 saturated carbocycles. The summed E-state index contributed by atoms with van der Waals surface area (Å²) >= 11 is 0. The molecule has 0 spiro atoms. The molecule has 2 atom stereocenters. The molecule has 41 heavy (non-hydrogen) atoms. The number of anilines is 1. The fourth-order valence-corrected chi connectivity index (χ4v) is 4.83. The Balaban J connectivity index is 1.48. The summed E-state index contributed by atoms with van der Waals surface area (Å²) in [6.45, 7) is 7.45. The normalized spacial score (nSPS) is 14.2. The van der Waals surface area contributed by atoms with Crippen LogP contribution in [-0.2, 0) is 16.0 Å². The summed E-state index contributed by atoms with van der Waals surface area (Å²) < 4.78 is 11.0. The van der Waals surface area contributed by atoms with Gasteiger partial charge in [0.15, 0.2) is 0 Å². The molecule has 0 fully saturated rings. The van der Waals surface area contributed by atoms with Gasteiger partial charge in [-0.2, -0.15) is 0 Å². The van der Waals surface area contributed by atoms with E-state index in [4.69, 9.17) is 9.15 Å². The number of rotatable bonds is 11. The van der Waals surface area contributed by atoms with E-state index in [9.17, 15) is 19.5 Å². The van der Waals surface area contributed by atoms with Gasteiger partial charge in [0.1, 0.15) is 17.1 Å². The zero-order valence-electron chi connectivity index (χ0n) is 24.0. The molecule has 2 aromatic carbocycles. The van der Waals surface area contributed by atoms with Crippen LogP contribution in [0.1, 0.15) is 74.8 Å². The lowest BCUT2D eigenvalue weighted by Gasteiger charge is -2.20. The van der Waals surface area contributed by atoms with Crippen LogP contribution >= 0.6 is 0 Å². The monoisotopic (exact) mass is 558 g/mol. The van der Waals surface area contributed by atoms with Crippen LogP contribution in [0.15, 0.2) is 82.0 Å². The summed E-state index contributed by atoms with van der Waals surface area (Å²) in [5, 5.41) is 16.5. The van der Waals surface area contributed by atoms with Crippen molar-refractivity contribution in [1.82, 2.24) is 5.32 Å². The Labute approximate surface area is 240 Å². The van der Waals surface area contributed by atoms with Gasteiger partial charge in [-0.1, -0.05) is 61.5 Å². The molecule has 8 heteroatoms. The largest absolute Gasteiger partial charge is 0.507 e. The van der Waals surface area contributed by atoms with E-state index < -0.39 is 23.2 Å². The zero-order valence-corrected chi connectivity index (χ0v) is 24.0. The van der Waals surface area contributed by atoms with E-state index in [0.29, 0.717) is 17.9 Å². The minimum Gasteiger partial charge on any atom is -0.507 e. The fourth-order valence-electron chi connectivity index (χ4n) is 4.83. The standard InChI is InChI=1S/C33H38N2O6/c1-5-22(18-21-10-7-6-8-11-21)27-20-26(36)30(31(38)40-27)29(23-14-15-23)24-12-9-13-25(19-24)35-28(37)16-17-34-32(39)41-33(2,3)4/h6-15,19-20,22-23,29,36H,5,16-18H2,1-4H3,(H,34,39)(H,35,37)/t22-,29+/m1/s1. The number of aromatic hydroxyl groups is 1. The lowest BCUT2D eigenvalue weighted by molar-refractivity contribution is -0.116. The Morgan fingerprint density at radius 2 is 1.78 bits per heavy atom. The summed E-state index contributed by atoms with van der Waals surface area (Å²) in [6.07, 6.45) is 4.86. The lowest BCUT2D eigenvalue weighted by Crippen LogP contribution is -2.34. The lowest BCUT2D eigenvalue weighted by atomic mass is 9.85. The molecule has 1 aromatic heterocycles.